The summed E-state index contributed by atoms with van der Waals surface area (Å²) in [7, 11) is 1.37. The number of hydrazine groups is 1. The summed E-state index contributed by atoms with van der Waals surface area (Å²) < 4.78 is 9.84. The summed E-state index contributed by atoms with van der Waals surface area (Å²) in [6.07, 6.45) is -0.621. The van der Waals surface area contributed by atoms with Gasteiger partial charge < -0.3 is 14.8 Å². The number of carbonyl (C=O) groups is 3. The molecule has 0 bridgehead atoms. The number of hydrogen-bond donors (Lipinski definition) is 3. The molecule has 138 valence electrons. The van der Waals surface area contributed by atoms with Gasteiger partial charge in [-0.15, -0.1) is 0 Å². The highest BCUT2D eigenvalue weighted by Crippen LogP contribution is 2.15. The molecule has 0 spiro atoms. The van der Waals surface area contributed by atoms with Crippen LogP contribution < -0.4 is 16.2 Å². The van der Waals surface area contributed by atoms with Gasteiger partial charge in [-0.2, -0.15) is 0 Å². The third kappa shape index (κ3) is 8.16. The Morgan fingerprint density at radius 2 is 1.72 bits per heavy atom. The fraction of sp³-hybridized carbons (Fsp3) is 0.471. The van der Waals surface area contributed by atoms with E-state index in [0.29, 0.717) is 5.56 Å². The van der Waals surface area contributed by atoms with Gasteiger partial charge in [0.2, 0.25) is 5.91 Å². The topological polar surface area (TPSA) is 106 Å². The van der Waals surface area contributed by atoms with E-state index in [0.717, 1.165) is 0 Å². The molecule has 25 heavy (non-hydrogen) atoms. The number of ether oxygens (including phenoxy) is 2. The third-order valence-corrected chi connectivity index (χ3v) is 2.97. The van der Waals surface area contributed by atoms with Crippen molar-refractivity contribution in [1.82, 2.24) is 16.2 Å². The molecule has 0 aromatic heterocycles. The van der Waals surface area contributed by atoms with Crippen LogP contribution in [-0.4, -0.2) is 43.8 Å². The normalized spacial score (nSPS) is 12.0. The van der Waals surface area contributed by atoms with Gasteiger partial charge in [0.05, 0.1) is 5.92 Å². The quantitative estimate of drug-likeness (QED) is 0.665. The average molecular weight is 351 g/mol. The molecular weight excluding hydrogens is 326 g/mol. The highest BCUT2D eigenvalue weighted by atomic mass is 16.6. The number of rotatable bonds is 6. The molecule has 0 aliphatic heterocycles. The fourth-order valence-corrected chi connectivity index (χ4v) is 1.93. The van der Waals surface area contributed by atoms with Crippen molar-refractivity contribution in [2.45, 2.75) is 32.3 Å². The van der Waals surface area contributed by atoms with E-state index in [2.05, 4.69) is 20.9 Å². The van der Waals surface area contributed by atoms with Crippen LogP contribution >= 0.6 is 0 Å². The number of hydrogen-bond acceptors (Lipinski definition) is 5. The summed E-state index contributed by atoms with van der Waals surface area (Å²) in [5.74, 6) is -1.65. The van der Waals surface area contributed by atoms with Gasteiger partial charge in [0, 0.05) is 13.7 Å². The van der Waals surface area contributed by atoms with Gasteiger partial charge in [-0.25, -0.2) is 4.79 Å². The molecule has 8 nitrogen and oxygen atoms in total. The Bertz CT molecular complexity index is 584. The summed E-state index contributed by atoms with van der Waals surface area (Å²) in [4.78, 5) is 35.6. The van der Waals surface area contributed by atoms with Gasteiger partial charge in [0.1, 0.15) is 12.2 Å². The van der Waals surface area contributed by atoms with Gasteiger partial charge in [-0.3, -0.25) is 20.4 Å². The first-order chi connectivity index (χ1) is 11.7. The van der Waals surface area contributed by atoms with Crippen LogP contribution in [0.5, 0.6) is 0 Å². The molecule has 3 N–H and O–H groups in total. The third-order valence-electron chi connectivity index (χ3n) is 2.97. The Morgan fingerprint density at radius 3 is 2.28 bits per heavy atom. The maximum Gasteiger partial charge on any atom is 0.407 e. The first-order valence-corrected chi connectivity index (χ1v) is 7.82. The first-order valence-electron chi connectivity index (χ1n) is 7.82. The summed E-state index contributed by atoms with van der Waals surface area (Å²) in [6.45, 7) is 5.09. The molecule has 8 heteroatoms. The standard InChI is InChI=1S/C17H25N3O5/c1-17(2,3)25-16(23)18-10-13(12-8-6-5-7-9-12)15(22)20-19-14(21)11-24-4/h5-9,13H,10-11H2,1-4H3,(H,18,23)(H,19,21)(H,20,22). The summed E-state index contributed by atoms with van der Waals surface area (Å²) in [5, 5.41) is 2.57. The van der Waals surface area contributed by atoms with Gasteiger partial charge in [0.15, 0.2) is 0 Å². The number of nitrogens with one attached hydrogen (secondary N) is 3. The van der Waals surface area contributed by atoms with Crippen molar-refractivity contribution >= 4 is 17.9 Å². The molecule has 0 saturated carbocycles. The van der Waals surface area contributed by atoms with Crippen LogP contribution in [0.3, 0.4) is 0 Å². The van der Waals surface area contributed by atoms with Crippen LogP contribution in [0.15, 0.2) is 30.3 Å². The molecule has 1 rings (SSSR count). The molecule has 0 heterocycles. The van der Waals surface area contributed by atoms with Crippen molar-refractivity contribution in [3.05, 3.63) is 35.9 Å². The molecular formula is C17H25N3O5. The predicted molar refractivity (Wildman–Crippen MR) is 91.6 cm³/mol. The van der Waals surface area contributed by atoms with E-state index in [9.17, 15) is 14.4 Å². The molecule has 1 unspecified atom stereocenters. The van der Waals surface area contributed by atoms with Crippen LogP contribution in [0.2, 0.25) is 0 Å². The molecule has 1 aromatic rings. The van der Waals surface area contributed by atoms with Gasteiger partial charge in [0.25, 0.3) is 5.91 Å². The zero-order valence-electron chi connectivity index (χ0n) is 14.9. The highest BCUT2D eigenvalue weighted by molar-refractivity contribution is 5.87. The molecule has 0 aliphatic carbocycles. The van der Waals surface area contributed by atoms with E-state index in [4.69, 9.17) is 4.74 Å². The van der Waals surface area contributed by atoms with E-state index in [1.165, 1.54) is 7.11 Å². The van der Waals surface area contributed by atoms with E-state index < -0.39 is 29.4 Å². The van der Waals surface area contributed by atoms with Crippen molar-refractivity contribution in [2.24, 2.45) is 0 Å². The van der Waals surface area contributed by atoms with E-state index in [1.807, 2.05) is 6.07 Å². The lowest BCUT2D eigenvalue weighted by Crippen LogP contribution is -2.47. The Kier molecular flexibility index (Phi) is 7.87. The second-order valence-electron chi connectivity index (χ2n) is 6.32. The Balaban J connectivity index is 2.72. The lowest BCUT2D eigenvalue weighted by Gasteiger charge is -2.22. The molecule has 1 atom stereocenters. The fourth-order valence-electron chi connectivity index (χ4n) is 1.93. The second-order valence-corrected chi connectivity index (χ2v) is 6.32. The van der Waals surface area contributed by atoms with Crippen molar-refractivity contribution in [3.63, 3.8) is 0 Å². The van der Waals surface area contributed by atoms with Crippen LogP contribution in [0, 0.1) is 0 Å². The monoisotopic (exact) mass is 351 g/mol. The Hall–Kier alpha value is -2.61. The largest absolute Gasteiger partial charge is 0.444 e. The average Bonchev–Trinajstić information content (AvgIpc) is 2.52. The molecule has 3 amide bonds. The number of amides is 3. The zero-order valence-corrected chi connectivity index (χ0v) is 14.9. The maximum absolute atomic E-state index is 12.4. The zero-order chi connectivity index (χ0) is 18.9. The van der Waals surface area contributed by atoms with Gasteiger partial charge in [-0.1, -0.05) is 30.3 Å². The minimum absolute atomic E-state index is 0.0188. The summed E-state index contributed by atoms with van der Waals surface area (Å²) in [5.41, 5.74) is 4.63. The molecule has 0 radical (unpaired) electrons. The van der Waals surface area contributed by atoms with Crippen LogP contribution in [0.25, 0.3) is 0 Å². The summed E-state index contributed by atoms with van der Waals surface area (Å²) in [6, 6.07) is 8.91. The molecule has 1 aromatic carbocycles. The predicted octanol–water partition coefficient (Wildman–Crippen LogP) is 1.09. The number of carbonyl (C=O) groups excluding carboxylic acids is 3. The Morgan fingerprint density at radius 1 is 1.08 bits per heavy atom. The molecule has 0 saturated heterocycles. The molecule has 0 fully saturated rings. The maximum atomic E-state index is 12.4. The van der Waals surface area contributed by atoms with E-state index >= 15 is 0 Å². The van der Waals surface area contributed by atoms with E-state index in [-0.39, 0.29) is 13.2 Å². The highest BCUT2D eigenvalue weighted by Gasteiger charge is 2.23. The van der Waals surface area contributed by atoms with Crippen molar-refractivity contribution in [3.8, 4) is 0 Å². The molecule has 0 aliphatic rings. The van der Waals surface area contributed by atoms with Crippen LogP contribution in [0.4, 0.5) is 4.79 Å². The summed E-state index contributed by atoms with van der Waals surface area (Å²) >= 11 is 0. The lowest BCUT2D eigenvalue weighted by molar-refractivity contribution is -0.131. The second kappa shape index (κ2) is 9.63. The minimum Gasteiger partial charge on any atom is -0.444 e. The minimum atomic E-state index is -0.698. The van der Waals surface area contributed by atoms with Crippen molar-refractivity contribution in [1.29, 1.82) is 0 Å². The van der Waals surface area contributed by atoms with Crippen LogP contribution in [0.1, 0.15) is 32.3 Å². The van der Waals surface area contributed by atoms with Crippen LogP contribution in [-0.2, 0) is 19.1 Å². The van der Waals surface area contributed by atoms with Gasteiger partial charge in [-0.05, 0) is 26.3 Å². The van der Waals surface area contributed by atoms with Crippen molar-refractivity contribution in [2.75, 3.05) is 20.3 Å². The van der Waals surface area contributed by atoms with Gasteiger partial charge >= 0.3 is 6.09 Å². The number of methoxy groups -OCH3 is 1. The smallest absolute Gasteiger partial charge is 0.407 e. The first kappa shape index (κ1) is 20.4. The Labute approximate surface area is 147 Å². The SMILES string of the molecule is COCC(=O)NNC(=O)C(CNC(=O)OC(C)(C)C)c1ccccc1. The van der Waals surface area contributed by atoms with E-state index in [1.54, 1.807) is 45.0 Å². The lowest BCUT2D eigenvalue weighted by atomic mass is 9.98. The van der Waals surface area contributed by atoms with Crippen molar-refractivity contribution < 1.29 is 23.9 Å². The number of benzene rings is 1. The number of alkyl carbamates (subject to hydrolysis) is 1.